The number of fused-ring (bicyclic) bond motifs is 1. The maximum atomic E-state index is 5.45. The van der Waals surface area contributed by atoms with Crippen LogP contribution in [-0.2, 0) is 26.1 Å². The molecule has 1 aliphatic rings. The first-order valence-corrected chi connectivity index (χ1v) is 7.64. The van der Waals surface area contributed by atoms with Crippen molar-refractivity contribution in [2.75, 3.05) is 13.1 Å². The molecule has 0 N–H and O–H groups in total. The summed E-state index contributed by atoms with van der Waals surface area (Å²) in [5.41, 5.74) is 1.22. The minimum Gasteiger partial charge on any atom is -0.468 e. The molecule has 0 amide bonds. The number of nitrogens with zero attached hydrogens (tertiary/aromatic N) is 5. The quantitative estimate of drug-likeness (QED) is 0.736. The average Bonchev–Trinajstić information content (AvgIpc) is 3.24. The molecule has 0 aromatic carbocycles. The van der Waals surface area contributed by atoms with Gasteiger partial charge in [0.15, 0.2) is 0 Å². The lowest BCUT2D eigenvalue weighted by Gasteiger charge is -2.18. The Morgan fingerprint density at radius 1 is 1.14 bits per heavy atom. The van der Waals surface area contributed by atoms with Gasteiger partial charge in [0.2, 0.25) is 0 Å². The third kappa shape index (κ3) is 2.69. The van der Waals surface area contributed by atoms with Crippen molar-refractivity contribution in [3.63, 3.8) is 0 Å². The second kappa shape index (κ2) is 5.81. The van der Waals surface area contributed by atoms with Crippen LogP contribution in [0, 0.1) is 0 Å². The molecule has 6 heteroatoms. The molecule has 0 aliphatic carbocycles. The molecule has 1 aliphatic heterocycles. The van der Waals surface area contributed by atoms with Gasteiger partial charge in [-0.25, -0.2) is 4.98 Å². The molecule has 4 heterocycles. The van der Waals surface area contributed by atoms with Crippen molar-refractivity contribution in [1.29, 1.82) is 0 Å². The van der Waals surface area contributed by atoms with Gasteiger partial charge in [-0.05, 0) is 18.2 Å². The lowest BCUT2D eigenvalue weighted by atomic mass is 10.3. The Morgan fingerprint density at radius 3 is 2.95 bits per heavy atom. The van der Waals surface area contributed by atoms with E-state index in [0.29, 0.717) is 0 Å². The van der Waals surface area contributed by atoms with E-state index in [1.807, 2.05) is 41.5 Å². The topological polar surface area (TPSA) is 52.0 Å². The maximum absolute atomic E-state index is 5.45. The summed E-state index contributed by atoms with van der Waals surface area (Å²) >= 11 is 0. The molecule has 4 rings (SSSR count). The summed E-state index contributed by atoms with van der Waals surface area (Å²) in [4.78, 5) is 7.02. The Hall–Kier alpha value is -2.34. The third-order valence-corrected chi connectivity index (χ3v) is 4.16. The van der Waals surface area contributed by atoms with Crippen molar-refractivity contribution in [1.82, 2.24) is 24.2 Å². The van der Waals surface area contributed by atoms with Gasteiger partial charge in [0, 0.05) is 38.4 Å². The highest BCUT2D eigenvalue weighted by Crippen LogP contribution is 2.14. The van der Waals surface area contributed by atoms with Crippen molar-refractivity contribution in [3.8, 4) is 0 Å². The molecule has 0 fully saturated rings. The van der Waals surface area contributed by atoms with Crippen LogP contribution in [0.1, 0.15) is 17.3 Å². The fourth-order valence-corrected chi connectivity index (χ4v) is 3.00. The van der Waals surface area contributed by atoms with Gasteiger partial charge in [-0.2, -0.15) is 5.10 Å². The summed E-state index contributed by atoms with van der Waals surface area (Å²) in [6.07, 6.45) is 8.49. The Labute approximate surface area is 129 Å². The molecule has 0 saturated heterocycles. The Balaban J connectivity index is 1.46. The highest BCUT2D eigenvalue weighted by molar-refractivity contribution is 5.08. The average molecular weight is 297 g/mol. The summed E-state index contributed by atoms with van der Waals surface area (Å²) < 4.78 is 9.73. The van der Waals surface area contributed by atoms with Crippen molar-refractivity contribution in [3.05, 3.63) is 60.3 Å². The second-order valence-electron chi connectivity index (χ2n) is 5.63. The van der Waals surface area contributed by atoms with Crippen LogP contribution < -0.4 is 0 Å². The normalized spacial score (nSPS) is 15.6. The van der Waals surface area contributed by atoms with E-state index in [-0.39, 0.29) is 0 Å². The summed E-state index contributed by atoms with van der Waals surface area (Å²) in [6.45, 7) is 4.63. The van der Waals surface area contributed by atoms with E-state index in [2.05, 4.69) is 19.5 Å². The van der Waals surface area contributed by atoms with Crippen LogP contribution in [0.3, 0.4) is 0 Å². The van der Waals surface area contributed by atoms with Gasteiger partial charge in [-0.1, -0.05) is 0 Å². The van der Waals surface area contributed by atoms with Crippen LogP contribution in [0.4, 0.5) is 0 Å². The number of rotatable bonds is 4. The van der Waals surface area contributed by atoms with Gasteiger partial charge in [-0.3, -0.25) is 9.58 Å². The predicted octanol–water partition coefficient (Wildman–Crippen LogP) is 1.78. The lowest BCUT2D eigenvalue weighted by molar-refractivity contribution is 0.248. The number of aromatic nitrogens is 4. The number of hydrogen-bond acceptors (Lipinski definition) is 4. The minimum absolute atomic E-state index is 0.776. The molecule has 0 unspecified atom stereocenters. The van der Waals surface area contributed by atoms with Crippen LogP contribution in [0.5, 0.6) is 0 Å². The Bertz CT molecular complexity index is 714. The molecule has 22 heavy (non-hydrogen) atoms. The molecule has 0 bridgehead atoms. The van der Waals surface area contributed by atoms with Crippen LogP contribution in [0.25, 0.3) is 0 Å². The molecule has 3 aromatic rings. The van der Waals surface area contributed by atoms with E-state index in [1.54, 1.807) is 6.26 Å². The predicted molar refractivity (Wildman–Crippen MR) is 81.2 cm³/mol. The SMILES string of the molecule is c1coc(CN2CCc3ncc(Cn4cccn4)n3CC2)c1. The van der Waals surface area contributed by atoms with Gasteiger partial charge >= 0.3 is 0 Å². The van der Waals surface area contributed by atoms with Crippen LogP contribution >= 0.6 is 0 Å². The second-order valence-corrected chi connectivity index (χ2v) is 5.63. The van der Waals surface area contributed by atoms with E-state index in [0.717, 1.165) is 44.9 Å². The standard InChI is InChI=1S/C16H19N5O/c1-3-15(22-10-1)13-19-7-4-16-17-11-14(21(16)9-8-19)12-20-6-2-5-18-20/h1-3,5-6,10-11H,4,7-9,12-13H2. The first kappa shape index (κ1) is 13.3. The molecule has 6 nitrogen and oxygen atoms in total. The zero-order chi connectivity index (χ0) is 14.8. The fourth-order valence-electron chi connectivity index (χ4n) is 3.00. The van der Waals surface area contributed by atoms with Gasteiger partial charge in [0.25, 0.3) is 0 Å². The van der Waals surface area contributed by atoms with Crippen molar-refractivity contribution < 1.29 is 4.42 Å². The Morgan fingerprint density at radius 2 is 2.14 bits per heavy atom. The molecule has 0 spiro atoms. The first-order chi connectivity index (χ1) is 10.9. The van der Waals surface area contributed by atoms with E-state index in [9.17, 15) is 0 Å². The molecule has 0 atom stereocenters. The van der Waals surface area contributed by atoms with Crippen molar-refractivity contribution in [2.45, 2.75) is 26.1 Å². The monoisotopic (exact) mass is 297 g/mol. The molecule has 0 saturated carbocycles. The smallest absolute Gasteiger partial charge is 0.117 e. The highest BCUT2D eigenvalue weighted by Gasteiger charge is 2.18. The van der Waals surface area contributed by atoms with E-state index in [1.165, 1.54) is 11.5 Å². The summed E-state index contributed by atoms with van der Waals surface area (Å²) in [7, 11) is 0. The molecule has 0 radical (unpaired) electrons. The lowest BCUT2D eigenvalue weighted by Crippen LogP contribution is -2.26. The number of furan rings is 1. The zero-order valence-electron chi connectivity index (χ0n) is 12.4. The molecular weight excluding hydrogens is 278 g/mol. The molecule has 114 valence electrons. The largest absolute Gasteiger partial charge is 0.468 e. The summed E-state index contributed by atoms with van der Waals surface area (Å²) in [5.74, 6) is 2.19. The van der Waals surface area contributed by atoms with E-state index >= 15 is 0 Å². The van der Waals surface area contributed by atoms with Gasteiger partial charge in [0.1, 0.15) is 11.6 Å². The third-order valence-electron chi connectivity index (χ3n) is 4.16. The van der Waals surface area contributed by atoms with Crippen molar-refractivity contribution >= 4 is 0 Å². The number of imidazole rings is 1. The highest BCUT2D eigenvalue weighted by atomic mass is 16.3. The van der Waals surface area contributed by atoms with Crippen LogP contribution in [0.15, 0.2) is 47.5 Å². The van der Waals surface area contributed by atoms with Gasteiger partial charge in [0.05, 0.1) is 31.2 Å². The van der Waals surface area contributed by atoms with Crippen LogP contribution in [0.2, 0.25) is 0 Å². The molecular formula is C16H19N5O. The van der Waals surface area contributed by atoms with E-state index < -0.39 is 0 Å². The van der Waals surface area contributed by atoms with Gasteiger partial charge < -0.3 is 8.98 Å². The van der Waals surface area contributed by atoms with Gasteiger partial charge in [-0.15, -0.1) is 0 Å². The zero-order valence-corrected chi connectivity index (χ0v) is 12.4. The molecule has 3 aromatic heterocycles. The summed E-state index contributed by atoms with van der Waals surface area (Å²) in [5, 5.41) is 4.28. The minimum atomic E-state index is 0.776. The maximum Gasteiger partial charge on any atom is 0.117 e. The number of hydrogen-bond donors (Lipinski definition) is 0. The van der Waals surface area contributed by atoms with Crippen LogP contribution in [-0.4, -0.2) is 37.3 Å². The van der Waals surface area contributed by atoms with E-state index in [4.69, 9.17) is 4.42 Å². The summed E-state index contributed by atoms with van der Waals surface area (Å²) in [6, 6.07) is 5.93. The fraction of sp³-hybridized carbons (Fsp3) is 0.375. The van der Waals surface area contributed by atoms with Crippen molar-refractivity contribution in [2.24, 2.45) is 0 Å². The Kier molecular flexibility index (Phi) is 3.52. The first-order valence-electron chi connectivity index (χ1n) is 7.64.